The van der Waals surface area contributed by atoms with Gasteiger partial charge in [-0.25, -0.2) is 9.97 Å². The zero-order valence-electron chi connectivity index (χ0n) is 16.8. The minimum atomic E-state index is 0.0827. The van der Waals surface area contributed by atoms with Crippen molar-refractivity contribution in [1.82, 2.24) is 15.0 Å². The molecule has 1 fully saturated rings. The van der Waals surface area contributed by atoms with Crippen molar-refractivity contribution >= 4 is 11.2 Å². The summed E-state index contributed by atoms with van der Waals surface area (Å²) in [5, 5.41) is 0. The van der Waals surface area contributed by atoms with Crippen molar-refractivity contribution in [1.29, 1.82) is 0 Å². The van der Waals surface area contributed by atoms with Crippen LogP contribution in [0.4, 0.5) is 0 Å². The van der Waals surface area contributed by atoms with E-state index in [9.17, 15) is 0 Å². The molecular weight excluding hydrogens is 350 g/mol. The Labute approximate surface area is 166 Å². The number of aromatic amines is 1. The molecule has 1 saturated carbocycles. The molecule has 0 spiro atoms. The highest BCUT2D eigenvalue weighted by atomic mass is 16.5. The monoisotopic (exact) mass is 379 g/mol. The van der Waals surface area contributed by atoms with Crippen molar-refractivity contribution in [2.45, 2.75) is 58.5 Å². The lowest BCUT2D eigenvalue weighted by molar-refractivity contribution is 0.239. The Morgan fingerprint density at radius 3 is 2.79 bits per heavy atom. The van der Waals surface area contributed by atoms with E-state index in [1.54, 1.807) is 6.20 Å². The van der Waals surface area contributed by atoms with Crippen LogP contribution in [0.25, 0.3) is 22.6 Å². The van der Waals surface area contributed by atoms with Crippen LogP contribution in [-0.4, -0.2) is 27.7 Å². The molecule has 1 N–H and O–H groups in total. The Kier molecular flexibility index (Phi) is 5.79. The molecule has 5 nitrogen and oxygen atoms in total. The van der Waals surface area contributed by atoms with E-state index in [1.165, 1.54) is 32.1 Å². The maximum atomic E-state index is 6.09. The molecule has 0 atom stereocenters. The van der Waals surface area contributed by atoms with Crippen LogP contribution in [-0.2, 0) is 0 Å². The summed E-state index contributed by atoms with van der Waals surface area (Å²) in [7, 11) is 0. The molecule has 1 aromatic carbocycles. The first-order valence-corrected chi connectivity index (χ1v) is 10.4. The van der Waals surface area contributed by atoms with Crippen molar-refractivity contribution in [3.63, 3.8) is 0 Å². The van der Waals surface area contributed by atoms with Crippen molar-refractivity contribution < 1.29 is 9.47 Å². The highest BCUT2D eigenvalue weighted by Crippen LogP contribution is 2.34. The largest absolute Gasteiger partial charge is 0.494 e. The van der Waals surface area contributed by atoms with Crippen LogP contribution in [0.3, 0.4) is 0 Å². The number of hydrogen-bond acceptors (Lipinski definition) is 4. The van der Waals surface area contributed by atoms with Crippen LogP contribution in [0.2, 0.25) is 0 Å². The molecule has 0 saturated heterocycles. The van der Waals surface area contributed by atoms with Crippen LogP contribution in [0.5, 0.6) is 11.5 Å². The predicted octanol–water partition coefficient (Wildman–Crippen LogP) is 5.76. The second kappa shape index (κ2) is 8.63. The summed E-state index contributed by atoms with van der Waals surface area (Å²) in [6, 6.07) is 9.84. The summed E-state index contributed by atoms with van der Waals surface area (Å²) >= 11 is 0. The average molecular weight is 380 g/mol. The summed E-state index contributed by atoms with van der Waals surface area (Å²) in [4.78, 5) is 12.3. The fourth-order valence-electron chi connectivity index (χ4n) is 3.93. The lowest BCUT2D eigenvalue weighted by Crippen LogP contribution is -2.11. The highest BCUT2D eigenvalue weighted by Gasteiger charge is 2.16. The van der Waals surface area contributed by atoms with E-state index in [2.05, 4.69) is 9.97 Å². The van der Waals surface area contributed by atoms with E-state index in [4.69, 9.17) is 14.5 Å². The minimum absolute atomic E-state index is 0.0827. The molecule has 28 heavy (non-hydrogen) atoms. The van der Waals surface area contributed by atoms with Gasteiger partial charge in [-0.1, -0.05) is 32.1 Å². The molecule has 1 aliphatic rings. The third-order valence-corrected chi connectivity index (χ3v) is 5.34. The van der Waals surface area contributed by atoms with Gasteiger partial charge in [0.05, 0.1) is 18.3 Å². The minimum Gasteiger partial charge on any atom is -0.494 e. The first-order valence-electron chi connectivity index (χ1n) is 10.4. The van der Waals surface area contributed by atoms with E-state index < -0.39 is 0 Å². The number of nitrogens with zero attached hydrogens (tertiary/aromatic N) is 2. The third kappa shape index (κ3) is 4.46. The summed E-state index contributed by atoms with van der Waals surface area (Å²) in [5.41, 5.74) is 2.52. The Bertz CT molecular complexity index is 880. The van der Waals surface area contributed by atoms with E-state index in [-0.39, 0.29) is 6.10 Å². The molecule has 5 heteroatoms. The lowest BCUT2D eigenvalue weighted by Gasteiger charge is -2.21. The Balaban J connectivity index is 1.54. The Morgan fingerprint density at radius 1 is 1.14 bits per heavy atom. The number of H-pyrrole nitrogens is 1. The zero-order valence-corrected chi connectivity index (χ0v) is 16.8. The number of nitrogens with one attached hydrogen (secondary N) is 1. The SMILES string of the molecule is CC(C)Oc1ccc(OCCC2CCCCC2)cc1-c1nc2cccnc2[nH]1. The van der Waals surface area contributed by atoms with E-state index in [1.807, 2.05) is 44.2 Å². The predicted molar refractivity (Wildman–Crippen MR) is 112 cm³/mol. The van der Waals surface area contributed by atoms with Gasteiger partial charge in [-0.2, -0.15) is 0 Å². The van der Waals surface area contributed by atoms with Gasteiger partial charge in [0.15, 0.2) is 5.65 Å². The van der Waals surface area contributed by atoms with Gasteiger partial charge in [0.25, 0.3) is 0 Å². The molecule has 1 aliphatic carbocycles. The van der Waals surface area contributed by atoms with Crippen molar-refractivity contribution in [3.05, 3.63) is 36.5 Å². The van der Waals surface area contributed by atoms with E-state index in [0.29, 0.717) is 0 Å². The van der Waals surface area contributed by atoms with Crippen LogP contribution >= 0.6 is 0 Å². The van der Waals surface area contributed by atoms with Crippen molar-refractivity contribution in [3.8, 4) is 22.9 Å². The van der Waals surface area contributed by atoms with Gasteiger partial charge in [0.2, 0.25) is 0 Å². The van der Waals surface area contributed by atoms with Crippen LogP contribution in [0, 0.1) is 5.92 Å². The normalized spacial score (nSPS) is 15.2. The summed E-state index contributed by atoms with van der Waals surface area (Å²) in [6.07, 6.45) is 9.81. The number of benzene rings is 1. The lowest BCUT2D eigenvalue weighted by atomic mass is 9.87. The Hall–Kier alpha value is -2.56. The number of aromatic nitrogens is 3. The van der Waals surface area contributed by atoms with Crippen LogP contribution < -0.4 is 9.47 Å². The summed E-state index contributed by atoms with van der Waals surface area (Å²) < 4.78 is 12.1. The quantitative estimate of drug-likeness (QED) is 0.567. The number of ether oxygens (including phenoxy) is 2. The smallest absolute Gasteiger partial charge is 0.157 e. The maximum Gasteiger partial charge on any atom is 0.157 e. The molecule has 0 bridgehead atoms. The number of pyridine rings is 1. The Morgan fingerprint density at radius 2 is 2.00 bits per heavy atom. The number of hydrogen-bond donors (Lipinski definition) is 1. The number of fused-ring (bicyclic) bond motifs is 1. The van der Waals surface area contributed by atoms with Crippen LogP contribution in [0.1, 0.15) is 52.4 Å². The molecule has 0 aliphatic heterocycles. The zero-order chi connectivity index (χ0) is 19.3. The number of imidazole rings is 1. The van der Waals surface area contributed by atoms with Gasteiger partial charge in [-0.05, 0) is 56.5 Å². The molecule has 148 valence electrons. The number of rotatable bonds is 7. The van der Waals surface area contributed by atoms with Gasteiger partial charge in [-0.3, -0.25) is 0 Å². The standard InChI is InChI=1S/C23H29N3O2/c1-16(2)28-21-11-10-18(27-14-12-17-7-4-3-5-8-17)15-19(21)22-25-20-9-6-13-24-23(20)26-22/h6,9-11,13,15-17H,3-5,7-8,12,14H2,1-2H3,(H,24,25,26). The summed E-state index contributed by atoms with van der Waals surface area (Å²) in [5.74, 6) is 3.23. The molecular formula is C23H29N3O2. The maximum absolute atomic E-state index is 6.09. The molecule has 0 radical (unpaired) electrons. The van der Waals surface area contributed by atoms with Gasteiger partial charge < -0.3 is 14.5 Å². The van der Waals surface area contributed by atoms with E-state index in [0.717, 1.165) is 53.0 Å². The average Bonchev–Trinajstić information content (AvgIpc) is 3.13. The topological polar surface area (TPSA) is 60.0 Å². The van der Waals surface area contributed by atoms with Gasteiger partial charge >= 0.3 is 0 Å². The van der Waals surface area contributed by atoms with Crippen molar-refractivity contribution in [2.24, 2.45) is 5.92 Å². The molecule has 3 aromatic rings. The first kappa shape index (κ1) is 18.8. The third-order valence-electron chi connectivity index (χ3n) is 5.34. The second-order valence-electron chi connectivity index (χ2n) is 7.92. The van der Waals surface area contributed by atoms with Gasteiger partial charge in [0, 0.05) is 6.20 Å². The molecule has 0 amide bonds. The molecule has 4 rings (SSSR count). The fraction of sp³-hybridized carbons (Fsp3) is 0.478. The summed E-state index contributed by atoms with van der Waals surface area (Å²) in [6.45, 7) is 4.81. The molecule has 2 aromatic heterocycles. The highest BCUT2D eigenvalue weighted by molar-refractivity contribution is 5.78. The second-order valence-corrected chi connectivity index (χ2v) is 7.92. The van der Waals surface area contributed by atoms with Crippen molar-refractivity contribution in [2.75, 3.05) is 6.61 Å². The fourth-order valence-corrected chi connectivity index (χ4v) is 3.93. The van der Waals surface area contributed by atoms with Gasteiger partial charge in [0.1, 0.15) is 22.8 Å². The van der Waals surface area contributed by atoms with E-state index >= 15 is 0 Å². The van der Waals surface area contributed by atoms with Gasteiger partial charge in [-0.15, -0.1) is 0 Å². The molecule has 0 unspecified atom stereocenters. The van der Waals surface area contributed by atoms with Crippen LogP contribution in [0.15, 0.2) is 36.5 Å². The first-order chi connectivity index (χ1) is 13.7. The molecule has 2 heterocycles.